The highest BCUT2D eigenvalue weighted by molar-refractivity contribution is 5.78. The lowest BCUT2D eigenvalue weighted by Gasteiger charge is -2.26. The zero-order valence-corrected chi connectivity index (χ0v) is 13.3. The van der Waals surface area contributed by atoms with Crippen molar-refractivity contribution in [3.63, 3.8) is 0 Å². The van der Waals surface area contributed by atoms with Gasteiger partial charge in [-0.1, -0.05) is 30.3 Å². The van der Waals surface area contributed by atoms with Gasteiger partial charge in [-0.05, 0) is 5.56 Å². The highest BCUT2D eigenvalue weighted by atomic mass is 19.4. The van der Waals surface area contributed by atoms with Gasteiger partial charge < -0.3 is 10.1 Å². The molecule has 134 valence electrons. The molecule has 1 heterocycles. The zero-order valence-electron chi connectivity index (χ0n) is 13.3. The monoisotopic (exact) mass is 345 g/mol. The minimum Gasteiger partial charge on any atom is -0.379 e. The molecule has 0 bridgehead atoms. The Labute approximate surface area is 139 Å². The topological polar surface area (TPSA) is 53.6 Å². The van der Waals surface area contributed by atoms with E-state index in [0.29, 0.717) is 26.3 Å². The molecule has 1 aromatic carbocycles. The van der Waals surface area contributed by atoms with Gasteiger partial charge in [0.05, 0.1) is 19.8 Å². The molecule has 5 nitrogen and oxygen atoms in total. The van der Waals surface area contributed by atoms with Crippen molar-refractivity contribution in [2.24, 2.45) is 0 Å². The van der Waals surface area contributed by atoms with Crippen LogP contribution in [-0.4, -0.2) is 62.9 Å². The molecule has 24 heavy (non-hydrogen) atoms. The molecule has 1 fully saturated rings. The van der Waals surface area contributed by atoms with Crippen LogP contribution in [0.2, 0.25) is 0 Å². The molecule has 0 radical (unpaired) electrons. The Kier molecular flexibility index (Phi) is 7.01. The number of alkyl halides is 3. The Bertz CT molecular complexity index is 505. The number of amides is 1. The van der Waals surface area contributed by atoms with Gasteiger partial charge in [0.25, 0.3) is 0 Å². The van der Waals surface area contributed by atoms with Crippen LogP contribution in [0.5, 0.6) is 0 Å². The van der Waals surface area contributed by atoms with Crippen molar-refractivity contribution in [2.45, 2.75) is 12.2 Å². The van der Waals surface area contributed by atoms with Crippen LogP contribution in [0.1, 0.15) is 11.6 Å². The van der Waals surface area contributed by atoms with Crippen molar-refractivity contribution in [1.29, 1.82) is 0 Å². The summed E-state index contributed by atoms with van der Waals surface area (Å²) in [6.45, 7) is 3.62. The van der Waals surface area contributed by atoms with Crippen LogP contribution in [0.25, 0.3) is 0 Å². The van der Waals surface area contributed by atoms with Crippen molar-refractivity contribution in [1.82, 2.24) is 15.5 Å². The van der Waals surface area contributed by atoms with E-state index < -0.39 is 18.1 Å². The molecule has 1 aliphatic heterocycles. The number of hydrogen-bond acceptors (Lipinski definition) is 4. The van der Waals surface area contributed by atoms with Gasteiger partial charge in [-0.2, -0.15) is 13.2 Å². The van der Waals surface area contributed by atoms with Crippen LogP contribution in [0.15, 0.2) is 30.3 Å². The van der Waals surface area contributed by atoms with Crippen molar-refractivity contribution in [2.75, 3.05) is 45.9 Å². The van der Waals surface area contributed by atoms with Gasteiger partial charge >= 0.3 is 6.18 Å². The number of ether oxygens (including phenoxy) is 1. The van der Waals surface area contributed by atoms with Crippen LogP contribution in [0.3, 0.4) is 0 Å². The van der Waals surface area contributed by atoms with E-state index >= 15 is 0 Å². The Balaban J connectivity index is 1.75. The second-order valence-electron chi connectivity index (χ2n) is 5.57. The third-order valence-corrected chi connectivity index (χ3v) is 3.78. The summed E-state index contributed by atoms with van der Waals surface area (Å²) in [5, 5.41) is 4.93. The number of nitrogens with zero attached hydrogens (tertiary/aromatic N) is 1. The van der Waals surface area contributed by atoms with Gasteiger partial charge in [-0.3, -0.25) is 15.0 Å². The van der Waals surface area contributed by atoms with Gasteiger partial charge in [-0.15, -0.1) is 0 Å². The third-order valence-electron chi connectivity index (χ3n) is 3.78. The summed E-state index contributed by atoms with van der Waals surface area (Å²) in [6.07, 6.45) is -4.46. The van der Waals surface area contributed by atoms with Crippen molar-refractivity contribution < 1.29 is 22.7 Å². The average molecular weight is 345 g/mol. The van der Waals surface area contributed by atoms with Crippen LogP contribution in [-0.2, 0) is 9.53 Å². The van der Waals surface area contributed by atoms with Crippen LogP contribution in [0.4, 0.5) is 13.2 Å². The molecule has 1 aliphatic rings. The summed E-state index contributed by atoms with van der Waals surface area (Å²) in [5.74, 6) is -0.451. The largest absolute Gasteiger partial charge is 0.407 e. The first kappa shape index (κ1) is 18.7. The SMILES string of the molecule is O=C(CN[C@@H](c1ccccc1)C(F)(F)F)NCCN1CCOCC1. The summed E-state index contributed by atoms with van der Waals surface area (Å²) in [4.78, 5) is 13.9. The fourth-order valence-electron chi connectivity index (χ4n) is 2.50. The molecule has 1 atom stereocenters. The average Bonchev–Trinajstić information content (AvgIpc) is 2.56. The lowest BCUT2D eigenvalue weighted by Crippen LogP contribution is -2.44. The first-order valence-corrected chi connectivity index (χ1v) is 7.88. The van der Waals surface area contributed by atoms with Crippen LogP contribution >= 0.6 is 0 Å². The maximum atomic E-state index is 13.1. The minimum absolute atomic E-state index is 0.0890. The predicted molar refractivity (Wildman–Crippen MR) is 83.5 cm³/mol. The second-order valence-corrected chi connectivity index (χ2v) is 5.57. The molecule has 0 spiro atoms. The molecule has 1 aromatic rings. The van der Waals surface area contributed by atoms with Gasteiger partial charge in [-0.25, -0.2) is 0 Å². The molecule has 2 rings (SSSR count). The molecule has 0 aromatic heterocycles. The van der Waals surface area contributed by atoms with E-state index in [2.05, 4.69) is 15.5 Å². The Morgan fingerprint density at radius 2 is 1.88 bits per heavy atom. The molecule has 0 saturated carbocycles. The molecule has 2 N–H and O–H groups in total. The number of halogens is 3. The van der Waals surface area contributed by atoms with Crippen molar-refractivity contribution in [3.05, 3.63) is 35.9 Å². The van der Waals surface area contributed by atoms with Crippen molar-refractivity contribution in [3.8, 4) is 0 Å². The fraction of sp³-hybridized carbons (Fsp3) is 0.562. The third kappa shape index (κ3) is 6.10. The molecular formula is C16H22F3N3O2. The first-order chi connectivity index (χ1) is 11.5. The van der Waals surface area contributed by atoms with E-state index in [1.807, 2.05) is 0 Å². The normalized spacial score (nSPS) is 17.5. The summed E-state index contributed by atoms with van der Waals surface area (Å²) in [6, 6.07) is 5.65. The standard InChI is InChI=1S/C16H22F3N3O2/c17-16(18,19)15(13-4-2-1-3-5-13)21-12-14(23)20-6-7-22-8-10-24-11-9-22/h1-5,15,21H,6-12H2,(H,20,23)/t15-/m0/s1. The van der Waals surface area contributed by atoms with E-state index in [1.165, 1.54) is 24.3 Å². The number of rotatable bonds is 7. The molecule has 8 heteroatoms. The van der Waals surface area contributed by atoms with Gasteiger partial charge in [0.1, 0.15) is 6.04 Å². The zero-order chi connectivity index (χ0) is 17.4. The molecular weight excluding hydrogens is 323 g/mol. The van der Waals surface area contributed by atoms with Gasteiger partial charge in [0.2, 0.25) is 5.91 Å². The van der Waals surface area contributed by atoms with E-state index in [9.17, 15) is 18.0 Å². The van der Waals surface area contributed by atoms with E-state index in [1.54, 1.807) is 6.07 Å². The second kappa shape index (κ2) is 9.00. The molecule has 1 saturated heterocycles. The quantitative estimate of drug-likeness (QED) is 0.783. The highest BCUT2D eigenvalue weighted by Crippen LogP contribution is 2.32. The number of hydrogen-bond donors (Lipinski definition) is 2. The Hall–Kier alpha value is -1.64. The predicted octanol–water partition coefficient (Wildman–Crippen LogP) is 1.33. The van der Waals surface area contributed by atoms with Gasteiger partial charge in [0.15, 0.2) is 0 Å². The minimum atomic E-state index is -4.46. The van der Waals surface area contributed by atoms with E-state index in [-0.39, 0.29) is 12.1 Å². The van der Waals surface area contributed by atoms with E-state index in [0.717, 1.165) is 13.1 Å². The summed E-state index contributed by atoms with van der Waals surface area (Å²) < 4.78 is 44.6. The first-order valence-electron chi connectivity index (χ1n) is 7.88. The number of benzene rings is 1. The molecule has 1 amide bonds. The summed E-state index contributed by atoms with van der Waals surface area (Å²) in [5.41, 5.74) is 0.0890. The maximum Gasteiger partial charge on any atom is 0.407 e. The molecule has 0 aliphatic carbocycles. The summed E-state index contributed by atoms with van der Waals surface area (Å²) >= 11 is 0. The van der Waals surface area contributed by atoms with Gasteiger partial charge in [0, 0.05) is 26.2 Å². The Morgan fingerprint density at radius 3 is 2.50 bits per heavy atom. The number of morpholine rings is 1. The van der Waals surface area contributed by atoms with Crippen LogP contribution < -0.4 is 10.6 Å². The fourth-order valence-corrected chi connectivity index (χ4v) is 2.50. The smallest absolute Gasteiger partial charge is 0.379 e. The summed E-state index contributed by atoms with van der Waals surface area (Å²) in [7, 11) is 0. The lowest BCUT2D eigenvalue weighted by molar-refractivity contribution is -0.158. The van der Waals surface area contributed by atoms with Crippen LogP contribution in [0, 0.1) is 0 Å². The Morgan fingerprint density at radius 1 is 1.21 bits per heavy atom. The molecule has 0 unspecified atom stereocenters. The highest BCUT2D eigenvalue weighted by Gasteiger charge is 2.40. The number of carbonyl (C=O) groups excluding carboxylic acids is 1. The number of nitrogens with one attached hydrogen (secondary N) is 2. The number of carbonyl (C=O) groups is 1. The lowest BCUT2D eigenvalue weighted by atomic mass is 10.1. The van der Waals surface area contributed by atoms with E-state index in [4.69, 9.17) is 4.74 Å². The van der Waals surface area contributed by atoms with Crippen molar-refractivity contribution >= 4 is 5.91 Å². The maximum absolute atomic E-state index is 13.1.